The largest absolute Gasteiger partial charge is 0.240 e. The van der Waals surface area contributed by atoms with Crippen LogP contribution in [0.25, 0.3) is 38.8 Å². The van der Waals surface area contributed by atoms with Gasteiger partial charge in [-0.15, -0.1) is 11.3 Å². The summed E-state index contributed by atoms with van der Waals surface area (Å²) in [6, 6.07) is 26.4. The Morgan fingerprint density at radius 2 is 1.74 bits per heavy atom. The molecule has 0 aliphatic rings. The number of aromatic nitrogens is 3. The third kappa shape index (κ3) is 4.52. The first kappa shape index (κ1) is 22.7. The molecule has 172 valence electrons. The van der Waals surface area contributed by atoms with E-state index in [1.807, 2.05) is 60.8 Å². The number of sulfone groups is 1. The number of para-hydroxylation sites is 2. The minimum absolute atomic E-state index is 0.0384. The lowest BCUT2D eigenvalue weighted by Gasteiger charge is -2.04. The van der Waals surface area contributed by atoms with Gasteiger partial charge >= 0.3 is 0 Å². The van der Waals surface area contributed by atoms with E-state index < -0.39 is 9.84 Å². The molecule has 0 bridgehead atoms. The van der Waals surface area contributed by atoms with Crippen molar-refractivity contribution in [2.75, 3.05) is 5.75 Å². The molecule has 0 atom stereocenters. The van der Waals surface area contributed by atoms with Crippen LogP contribution in [0.5, 0.6) is 0 Å². The van der Waals surface area contributed by atoms with Crippen molar-refractivity contribution < 1.29 is 8.42 Å². The summed E-state index contributed by atoms with van der Waals surface area (Å²) in [5.74, 6) is 0.0384. The van der Waals surface area contributed by atoms with E-state index in [9.17, 15) is 13.7 Å². The standard InChI is InChI=1S/C27H20N4O2S2/c1-2-35(32,33)23-14-12-19(13-15-23)26-21(18-31(30-26)22-8-4-3-5-9-22)16-20(17-28)27-29-24-10-6-7-11-25(24)34-27/h3-16,18H,2H2,1H3/b20-16-. The molecule has 0 amide bonds. The van der Waals surface area contributed by atoms with Crippen molar-refractivity contribution >= 4 is 43.0 Å². The Morgan fingerprint density at radius 1 is 1.03 bits per heavy atom. The first-order valence-electron chi connectivity index (χ1n) is 10.9. The fraction of sp³-hybridized carbons (Fsp3) is 0.0741. The second-order valence-corrected chi connectivity index (χ2v) is 11.1. The van der Waals surface area contributed by atoms with Crippen molar-refractivity contribution in [2.24, 2.45) is 0 Å². The van der Waals surface area contributed by atoms with Gasteiger partial charge in [0.15, 0.2) is 9.84 Å². The fourth-order valence-electron chi connectivity index (χ4n) is 3.70. The van der Waals surface area contributed by atoms with Crippen molar-refractivity contribution in [2.45, 2.75) is 11.8 Å². The summed E-state index contributed by atoms with van der Waals surface area (Å²) in [6.07, 6.45) is 3.65. The Hall–Kier alpha value is -4.06. The van der Waals surface area contributed by atoms with Gasteiger partial charge in [0.1, 0.15) is 11.1 Å². The lowest BCUT2D eigenvalue weighted by molar-refractivity contribution is 0.597. The van der Waals surface area contributed by atoms with Crippen LogP contribution in [0, 0.1) is 11.3 Å². The van der Waals surface area contributed by atoms with Gasteiger partial charge in [-0.1, -0.05) is 49.4 Å². The zero-order chi connectivity index (χ0) is 24.4. The molecule has 6 nitrogen and oxygen atoms in total. The molecule has 0 unspecified atom stereocenters. The van der Waals surface area contributed by atoms with Crippen molar-refractivity contribution in [3.63, 3.8) is 0 Å². The maximum absolute atomic E-state index is 12.2. The second-order valence-electron chi connectivity index (χ2n) is 7.80. The van der Waals surface area contributed by atoms with Crippen molar-refractivity contribution in [3.8, 4) is 23.0 Å². The summed E-state index contributed by atoms with van der Waals surface area (Å²) in [7, 11) is -3.30. The number of nitriles is 1. The van der Waals surface area contributed by atoms with E-state index in [-0.39, 0.29) is 10.6 Å². The van der Waals surface area contributed by atoms with Crippen LogP contribution in [0.1, 0.15) is 17.5 Å². The third-order valence-corrected chi connectivity index (χ3v) is 8.39. The Balaban J connectivity index is 1.64. The van der Waals surface area contributed by atoms with Gasteiger partial charge in [-0.2, -0.15) is 10.4 Å². The van der Waals surface area contributed by atoms with Crippen LogP contribution >= 0.6 is 11.3 Å². The number of hydrogen-bond acceptors (Lipinski definition) is 6. The molecule has 2 heterocycles. The van der Waals surface area contributed by atoms with Gasteiger partial charge in [0.05, 0.1) is 37.8 Å². The van der Waals surface area contributed by atoms with E-state index in [1.54, 1.807) is 41.9 Å². The third-order valence-electron chi connectivity index (χ3n) is 5.57. The molecule has 3 aromatic carbocycles. The maximum Gasteiger partial charge on any atom is 0.178 e. The zero-order valence-corrected chi connectivity index (χ0v) is 20.4. The Kier molecular flexibility index (Phi) is 6.03. The molecule has 0 saturated carbocycles. The molecule has 0 aliphatic carbocycles. The minimum Gasteiger partial charge on any atom is -0.240 e. The summed E-state index contributed by atoms with van der Waals surface area (Å²) in [6.45, 7) is 1.62. The number of benzene rings is 3. The quantitative estimate of drug-likeness (QED) is 0.269. The fourth-order valence-corrected chi connectivity index (χ4v) is 5.52. The molecule has 5 aromatic rings. The van der Waals surface area contributed by atoms with Gasteiger partial charge in [0, 0.05) is 17.3 Å². The molecule has 2 aromatic heterocycles. The van der Waals surface area contributed by atoms with Crippen molar-refractivity contribution in [3.05, 3.63) is 95.6 Å². The van der Waals surface area contributed by atoms with Crippen LogP contribution < -0.4 is 0 Å². The molecular weight excluding hydrogens is 476 g/mol. The predicted molar refractivity (Wildman–Crippen MR) is 140 cm³/mol. The van der Waals surface area contributed by atoms with E-state index in [2.05, 4.69) is 11.1 Å². The molecule has 0 saturated heterocycles. The highest BCUT2D eigenvalue weighted by molar-refractivity contribution is 7.91. The summed E-state index contributed by atoms with van der Waals surface area (Å²) in [5, 5.41) is 15.4. The van der Waals surface area contributed by atoms with Gasteiger partial charge in [-0.3, -0.25) is 0 Å². The highest BCUT2D eigenvalue weighted by Gasteiger charge is 2.16. The van der Waals surface area contributed by atoms with Crippen LogP contribution in [0.2, 0.25) is 0 Å². The van der Waals surface area contributed by atoms with Gasteiger partial charge in [0.2, 0.25) is 0 Å². The maximum atomic E-state index is 12.2. The van der Waals surface area contributed by atoms with Gasteiger partial charge in [-0.05, 0) is 42.5 Å². The van der Waals surface area contributed by atoms with Gasteiger partial charge < -0.3 is 0 Å². The molecule has 0 radical (unpaired) electrons. The lowest BCUT2D eigenvalue weighted by Crippen LogP contribution is -2.03. The summed E-state index contributed by atoms with van der Waals surface area (Å²) < 4.78 is 27.3. The highest BCUT2D eigenvalue weighted by atomic mass is 32.2. The molecule has 5 rings (SSSR count). The lowest BCUT2D eigenvalue weighted by atomic mass is 10.1. The minimum atomic E-state index is -3.30. The molecule has 0 aliphatic heterocycles. The van der Waals surface area contributed by atoms with E-state index in [1.165, 1.54) is 11.3 Å². The molecular formula is C27H20N4O2S2. The molecule has 35 heavy (non-hydrogen) atoms. The topological polar surface area (TPSA) is 88.6 Å². The monoisotopic (exact) mass is 496 g/mol. The average molecular weight is 497 g/mol. The molecule has 8 heteroatoms. The Bertz CT molecular complexity index is 1660. The first-order valence-corrected chi connectivity index (χ1v) is 13.4. The zero-order valence-electron chi connectivity index (χ0n) is 18.8. The van der Waals surface area contributed by atoms with E-state index in [0.29, 0.717) is 16.3 Å². The van der Waals surface area contributed by atoms with Crippen LogP contribution in [-0.2, 0) is 9.84 Å². The normalized spacial score (nSPS) is 12.1. The Labute approximate surface area is 207 Å². The van der Waals surface area contributed by atoms with E-state index in [4.69, 9.17) is 5.10 Å². The summed E-state index contributed by atoms with van der Waals surface area (Å²) in [4.78, 5) is 4.90. The van der Waals surface area contributed by atoms with Crippen LogP contribution in [0.3, 0.4) is 0 Å². The van der Waals surface area contributed by atoms with E-state index >= 15 is 0 Å². The summed E-state index contributed by atoms with van der Waals surface area (Å²) in [5.41, 5.74) is 4.28. The first-order chi connectivity index (χ1) is 17.0. The van der Waals surface area contributed by atoms with Crippen LogP contribution in [0.15, 0.2) is 90.0 Å². The SMILES string of the molecule is CCS(=O)(=O)c1ccc(-c2nn(-c3ccccc3)cc2/C=C(/C#N)c2nc3ccccc3s2)cc1. The van der Waals surface area contributed by atoms with Crippen LogP contribution in [-0.4, -0.2) is 28.9 Å². The molecule has 0 N–H and O–H groups in total. The molecule has 0 fully saturated rings. The number of fused-ring (bicyclic) bond motifs is 1. The number of allylic oxidation sites excluding steroid dienone is 1. The van der Waals surface area contributed by atoms with Crippen molar-refractivity contribution in [1.82, 2.24) is 14.8 Å². The summed E-state index contributed by atoms with van der Waals surface area (Å²) >= 11 is 1.47. The average Bonchev–Trinajstić information content (AvgIpc) is 3.52. The highest BCUT2D eigenvalue weighted by Crippen LogP contribution is 2.31. The number of hydrogen-bond donors (Lipinski definition) is 0. The smallest absolute Gasteiger partial charge is 0.178 e. The van der Waals surface area contributed by atoms with Gasteiger partial charge in [-0.25, -0.2) is 18.1 Å². The number of rotatable bonds is 6. The molecule has 0 spiro atoms. The number of nitrogens with zero attached hydrogens (tertiary/aromatic N) is 4. The Morgan fingerprint density at radius 3 is 2.43 bits per heavy atom. The van der Waals surface area contributed by atoms with Crippen molar-refractivity contribution in [1.29, 1.82) is 5.26 Å². The second kappa shape index (κ2) is 9.29. The van der Waals surface area contributed by atoms with Crippen LogP contribution in [0.4, 0.5) is 0 Å². The number of thiazole rings is 1. The van der Waals surface area contributed by atoms with E-state index in [0.717, 1.165) is 27.0 Å². The van der Waals surface area contributed by atoms with Gasteiger partial charge in [0.25, 0.3) is 0 Å². The predicted octanol–water partition coefficient (Wildman–Crippen LogP) is 6.01.